The maximum Gasteiger partial charge on any atom is 0.255 e. The van der Waals surface area contributed by atoms with E-state index in [0.29, 0.717) is 11.6 Å². The van der Waals surface area contributed by atoms with Gasteiger partial charge in [0.2, 0.25) is 0 Å². The van der Waals surface area contributed by atoms with E-state index in [2.05, 4.69) is 37.6 Å². The third kappa shape index (κ3) is 5.20. The van der Waals surface area contributed by atoms with Crippen molar-refractivity contribution in [1.29, 1.82) is 0 Å². The molecule has 1 saturated heterocycles. The lowest BCUT2D eigenvalue weighted by Gasteiger charge is -2.40. The standard InChI is InChI=1S/C25H28N2O2.ClH/c1-27(2,24-13-15-29-16-14-24)18-19-7-11-23(12-8-19)26-25(28)22-10-9-20-5-3-4-6-21(20)17-22;/h3-12,17,24H,13-16,18H2,1-2H3;1H. The van der Waals surface area contributed by atoms with Gasteiger partial charge in [0, 0.05) is 29.7 Å². The Hall–Kier alpha value is -2.40. The first-order valence-corrected chi connectivity index (χ1v) is 10.3. The van der Waals surface area contributed by atoms with Gasteiger partial charge in [-0.05, 0) is 35.0 Å². The summed E-state index contributed by atoms with van der Waals surface area (Å²) in [5, 5.41) is 5.23. The average molecular weight is 425 g/mol. The zero-order valence-electron chi connectivity index (χ0n) is 17.6. The van der Waals surface area contributed by atoms with Crippen LogP contribution in [0.5, 0.6) is 0 Å². The van der Waals surface area contributed by atoms with Crippen LogP contribution in [-0.2, 0) is 11.3 Å². The van der Waals surface area contributed by atoms with Gasteiger partial charge in [0.15, 0.2) is 0 Å². The molecule has 1 fully saturated rings. The van der Waals surface area contributed by atoms with Gasteiger partial charge in [0.1, 0.15) is 6.54 Å². The van der Waals surface area contributed by atoms with Crippen LogP contribution in [0.3, 0.4) is 0 Å². The lowest BCUT2D eigenvalue weighted by atomic mass is 10.0. The fourth-order valence-electron chi connectivity index (χ4n) is 4.21. The Bertz CT molecular complexity index is 995. The van der Waals surface area contributed by atoms with E-state index in [4.69, 9.17) is 4.74 Å². The summed E-state index contributed by atoms with van der Waals surface area (Å²) in [4.78, 5) is 12.7. The number of halogens is 1. The minimum absolute atomic E-state index is 0. The molecular weight excluding hydrogens is 396 g/mol. The molecule has 3 aromatic rings. The number of carbonyl (C=O) groups excluding carboxylic acids is 1. The second-order valence-corrected chi connectivity index (χ2v) is 8.49. The summed E-state index contributed by atoms with van der Waals surface area (Å²) >= 11 is 0. The number of quaternary nitrogens is 1. The summed E-state index contributed by atoms with van der Waals surface area (Å²) in [5.41, 5.74) is 2.78. The van der Waals surface area contributed by atoms with Gasteiger partial charge >= 0.3 is 0 Å². The van der Waals surface area contributed by atoms with Crippen molar-refractivity contribution in [3.05, 3.63) is 77.9 Å². The van der Waals surface area contributed by atoms with Crippen molar-refractivity contribution in [3.8, 4) is 0 Å². The SMILES string of the molecule is C[N+](C)(Cc1ccc(NC(=O)c2ccc3ccccc3c2)cc1)C1CCOCC1.[Cl-]. The summed E-state index contributed by atoms with van der Waals surface area (Å²) in [5.74, 6) is -0.0816. The maximum absolute atomic E-state index is 12.7. The Balaban J connectivity index is 0.00000256. The number of hydrogen-bond acceptors (Lipinski definition) is 2. The Morgan fingerprint density at radius 1 is 0.967 bits per heavy atom. The number of hydrogen-bond donors (Lipinski definition) is 1. The first-order valence-electron chi connectivity index (χ1n) is 10.3. The van der Waals surface area contributed by atoms with Crippen LogP contribution in [0.4, 0.5) is 5.69 Å². The fraction of sp³-hybridized carbons (Fsp3) is 0.320. The Kier molecular flexibility index (Phi) is 7.14. The van der Waals surface area contributed by atoms with Crippen LogP contribution in [0, 0.1) is 0 Å². The monoisotopic (exact) mass is 424 g/mol. The first-order chi connectivity index (χ1) is 14.0. The Morgan fingerprint density at radius 2 is 1.63 bits per heavy atom. The molecule has 0 atom stereocenters. The zero-order chi connectivity index (χ0) is 20.3. The molecule has 0 aliphatic carbocycles. The number of amides is 1. The van der Waals surface area contributed by atoms with Crippen molar-refractivity contribution in [1.82, 2.24) is 0 Å². The predicted octanol–water partition coefficient (Wildman–Crippen LogP) is 1.85. The number of fused-ring (bicyclic) bond motifs is 1. The molecule has 1 aliphatic heterocycles. The molecule has 1 aliphatic rings. The van der Waals surface area contributed by atoms with E-state index in [1.807, 2.05) is 48.5 Å². The summed E-state index contributed by atoms with van der Waals surface area (Å²) < 4.78 is 6.47. The molecular formula is C25H29ClN2O2. The smallest absolute Gasteiger partial charge is 0.255 e. The van der Waals surface area contributed by atoms with Crippen LogP contribution in [0.15, 0.2) is 66.7 Å². The quantitative estimate of drug-likeness (QED) is 0.635. The molecule has 158 valence electrons. The van der Waals surface area contributed by atoms with Gasteiger partial charge in [-0.3, -0.25) is 4.79 Å². The maximum atomic E-state index is 12.7. The van der Waals surface area contributed by atoms with Gasteiger partial charge in [-0.1, -0.05) is 42.5 Å². The van der Waals surface area contributed by atoms with Crippen LogP contribution in [0.25, 0.3) is 10.8 Å². The summed E-state index contributed by atoms with van der Waals surface area (Å²) in [6, 6.07) is 22.7. The fourth-order valence-corrected chi connectivity index (χ4v) is 4.21. The molecule has 4 nitrogen and oxygen atoms in total. The molecule has 1 N–H and O–H groups in total. The number of anilines is 1. The number of rotatable bonds is 5. The molecule has 0 unspecified atom stereocenters. The van der Waals surface area contributed by atoms with Gasteiger partial charge in [0.25, 0.3) is 5.91 Å². The number of nitrogens with one attached hydrogen (secondary N) is 1. The molecule has 30 heavy (non-hydrogen) atoms. The van der Waals surface area contributed by atoms with Crippen LogP contribution in [0.1, 0.15) is 28.8 Å². The van der Waals surface area contributed by atoms with E-state index in [1.54, 1.807) is 0 Å². The Labute approximate surface area is 184 Å². The second kappa shape index (κ2) is 9.61. The van der Waals surface area contributed by atoms with Crippen LogP contribution >= 0.6 is 0 Å². The highest BCUT2D eigenvalue weighted by molar-refractivity contribution is 6.06. The normalized spacial score (nSPS) is 14.9. The molecule has 1 heterocycles. The van der Waals surface area contributed by atoms with E-state index >= 15 is 0 Å². The van der Waals surface area contributed by atoms with Crippen molar-refractivity contribution in [2.45, 2.75) is 25.4 Å². The lowest BCUT2D eigenvalue weighted by molar-refractivity contribution is -0.929. The molecule has 0 aromatic heterocycles. The van der Waals surface area contributed by atoms with E-state index < -0.39 is 0 Å². The van der Waals surface area contributed by atoms with Crippen molar-refractivity contribution in [2.24, 2.45) is 0 Å². The minimum atomic E-state index is -0.0816. The molecule has 0 saturated carbocycles. The molecule has 3 aromatic carbocycles. The molecule has 0 radical (unpaired) electrons. The van der Waals surface area contributed by atoms with Crippen molar-refractivity contribution in [3.63, 3.8) is 0 Å². The van der Waals surface area contributed by atoms with Crippen molar-refractivity contribution in [2.75, 3.05) is 32.6 Å². The van der Waals surface area contributed by atoms with Crippen LogP contribution in [-0.4, -0.2) is 43.7 Å². The van der Waals surface area contributed by atoms with Gasteiger partial charge in [0.05, 0.1) is 33.4 Å². The highest BCUT2D eigenvalue weighted by Gasteiger charge is 2.30. The molecule has 4 rings (SSSR count). The zero-order valence-corrected chi connectivity index (χ0v) is 18.4. The largest absolute Gasteiger partial charge is 1.00 e. The topological polar surface area (TPSA) is 38.3 Å². The highest BCUT2D eigenvalue weighted by atomic mass is 35.5. The molecule has 0 bridgehead atoms. The summed E-state index contributed by atoms with van der Waals surface area (Å²) in [6.07, 6.45) is 2.24. The number of nitrogens with zero attached hydrogens (tertiary/aromatic N) is 1. The van der Waals surface area contributed by atoms with Gasteiger partial charge in [-0.25, -0.2) is 0 Å². The van der Waals surface area contributed by atoms with Gasteiger partial charge in [-0.2, -0.15) is 0 Å². The summed E-state index contributed by atoms with van der Waals surface area (Å²) in [7, 11) is 4.59. The minimum Gasteiger partial charge on any atom is -1.00 e. The van der Waals surface area contributed by atoms with Crippen molar-refractivity contribution >= 4 is 22.4 Å². The van der Waals surface area contributed by atoms with Crippen LogP contribution in [0.2, 0.25) is 0 Å². The third-order valence-corrected chi connectivity index (χ3v) is 5.99. The van der Waals surface area contributed by atoms with Crippen molar-refractivity contribution < 1.29 is 26.4 Å². The highest BCUT2D eigenvalue weighted by Crippen LogP contribution is 2.23. The molecule has 0 spiro atoms. The number of carbonyl (C=O) groups is 1. The van der Waals surface area contributed by atoms with Crippen LogP contribution < -0.4 is 17.7 Å². The van der Waals surface area contributed by atoms with E-state index in [0.717, 1.165) is 53.5 Å². The number of benzene rings is 3. The van der Waals surface area contributed by atoms with Gasteiger partial charge < -0.3 is 26.9 Å². The van der Waals surface area contributed by atoms with E-state index in [1.165, 1.54) is 5.56 Å². The predicted molar refractivity (Wildman–Crippen MR) is 118 cm³/mol. The third-order valence-electron chi connectivity index (χ3n) is 5.99. The molecule has 5 heteroatoms. The average Bonchev–Trinajstić information content (AvgIpc) is 2.75. The summed E-state index contributed by atoms with van der Waals surface area (Å²) in [6.45, 7) is 2.71. The van der Waals surface area contributed by atoms with Gasteiger partial charge in [-0.15, -0.1) is 0 Å². The van der Waals surface area contributed by atoms with E-state index in [-0.39, 0.29) is 18.3 Å². The first kappa shape index (κ1) is 22.3. The number of ether oxygens (including phenoxy) is 1. The second-order valence-electron chi connectivity index (χ2n) is 8.49. The van der Waals surface area contributed by atoms with E-state index in [9.17, 15) is 4.79 Å². The lowest BCUT2D eigenvalue weighted by Crippen LogP contribution is -3.00. The molecule has 1 amide bonds. The Morgan fingerprint density at radius 3 is 2.33 bits per heavy atom.